The molecule has 3 nitrogen and oxygen atoms in total. The molecule has 0 aliphatic heterocycles. The number of aliphatic hydroxyl groups excluding tert-OH is 1. The van der Waals surface area contributed by atoms with Crippen LogP contribution in [0, 0.1) is 11.8 Å². The van der Waals surface area contributed by atoms with Crippen molar-refractivity contribution in [3.8, 4) is 11.5 Å². The summed E-state index contributed by atoms with van der Waals surface area (Å²) in [4.78, 5) is 0. The average Bonchev–Trinajstić information content (AvgIpc) is 2.43. The van der Waals surface area contributed by atoms with Crippen LogP contribution in [-0.4, -0.2) is 24.9 Å². The molecule has 0 spiro atoms. The lowest BCUT2D eigenvalue weighted by atomic mass is 9.79. The molecule has 1 aromatic carbocycles. The fourth-order valence-electron chi connectivity index (χ4n) is 2.85. The van der Waals surface area contributed by atoms with Gasteiger partial charge in [-0.15, -0.1) is 0 Å². The van der Waals surface area contributed by atoms with E-state index in [1.54, 1.807) is 7.11 Å². The van der Waals surface area contributed by atoms with Crippen LogP contribution in [0.1, 0.15) is 32.6 Å². The molecule has 0 heterocycles. The molecule has 0 radical (unpaired) electrons. The summed E-state index contributed by atoms with van der Waals surface area (Å²) in [5.41, 5.74) is 0. The minimum atomic E-state index is -0.155. The Morgan fingerprint density at radius 3 is 2.68 bits per heavy atom. The predicted octanol–water partition coefficient (Wildman–Crippen LogP) is 3.26. The van der Waals surface area contributed by atoms with Crippen molar-refractivity contribution in [1.29, 1.82) is 0 Å². The highest BCUT2D eigenvalue weighted by Gasteiger charge is 2.26. The highest BCUT2D eigenvalue weighted by atomic mass is 16.5. The van der Waals surface area contributed by atoms with Crippen LogP contribution < -0.4 is 9.47 Å². The zero-order valence-electron chi connectivity index (χ0n) is 11.8. The molecule has 3 heteroatoms. The maximum absolute atomic E-state index is 10.0. The zero-order chi connectivity index (χ0) is 13.7. The van der Waals surface area contributed by atoms with Gasteiger partial charge in [-0.1, -0.05) is 19.1 Å². The number of benzene rings is 1. The van der Waals surface area contributed by atoms with Crippen molar-refractivity contribution in [2.45, 2.75) is 38.7 Å². The van der Waals surface area contributed by atoms with Gasteiger partial charge in [0, 0.05) is 0 Å². The van der Waals surface area contributed by atoms with Crippen molar-refractivity contribution < 1.29 is 14.6 Å². The number of rotatable bonds is 5. The van der Waals surface area contributed by atoms with Crippen molar-refractivity contribution in [3.63, 3.8) is 0 Å². The van der Waals surface area contributed by atoms with Gasteiger partial charge in [0.1, 0.15) is 0 Å². The second kappa shape index (κ2) is 6.80. The lowest BCUT2D eigenvalue weighted by Crippen LogP contribution is -2.29. The van der Waals surface area contributed by atoms with Crippen molar-refractivity contribution in [3.05, 3.63) is 24.3 Å². The third-order valence-electron chi connectivity index (χ3n) is 4.02. The summed E-state index contributed by atoms with van der Waals surface area (Å²) >= 11 is 0. The number of hydrogen-bond acceptors (Lipinski definition) is 3. The van der Waals surface area contributed by atoms with E-state index in [9.17, 15) is 5.11 Å². The summed E-state index contributed by atoms with van der Waals surface area (Å²) in [6.45, 7) is 2.90. The third kappa shape index (κ3) is 3.87. The van der Waals surface area contributed by atoms with Gasteiger partial charge >= 0.3 is 0 Å². The molecule has 3 atom stereocenters. The largest absolute Gasteiger partial charge is 0.493 e. The molecule has 3 unspecified atom stereocenters. The highest BCUT2D eigenvalue weighted by molar-refractivity contribution is 5.39. The van der Waals surface area contributed by atoms with Gasteiger partial charge in [0.25, 0.3) is 0 Å². The normalized spacial score (nSPS) is 27.0. The molecule has 0 amide bonds. The number of ether oxygens (including phenoxy) is 2. The number of para-hydroxylation sites is 2. The fraction of sp³-hybridized carbons (Fsp3) is 0.625. The molecule has 0 bridgehead atoms. The van der Waals surface area contributed by atoms with Crippen molar-refractivity contribution >= 4 is 0 Å². The fourth-order valence-corrected chi connectivity index (χ4v) is 2.85. The Morgan fingerprint density at radius 1 is 1.21 bits per heavy atom. The molecule has 2 rings (SSSR count). The Kier molecular flexibility index (Phi) is 5.08. The Balaban J connectivity index is 1.82. The van der Waals surface area contributed by atoms with Gasteiger partial charge in [-0.25, -0.2) is 0 Å². The number of aliphatic hydroxyl groups is 1. The number of hydrogen-bond donors (Lipinski definition) is 1. The van der Waals surface area contributed by atoms with Gasteiger partial charge in [-0.05, 0) is 49.7 Å². The third-order valence-corrected chi connectivity index (χ3v) is 4.02. The van der Waals surface area contributed by atoms with Crippen LogP contribution in [0.5, 0.6) is 11.5 Å². The van der Waals surface area contributed by atoms with Crippen molar-refractivity contribution in [2.24, 2.45) is 11.8 Å². The van der Waals surface area contributed by atoms with Gasteiger partial charge in [0.05, 0.1) is 19.8 Å². The first-order chi connectivity index (χ1) is 9.20. The standard InChI is InChI=1S/C16H24O3/c1-12-7-8-14(17)13(11-12)9-10-19-16-6-4-3-5-15(16)18-2/h3-6,12-14,17H,7-11H2,1-2H3. The first-order valence-electron chi connectivity index (χ1n) is 7.14. The quantitative estimate of drug-likeness (QED) is 0.887. The predicted molar refractivity (Wildman–Crippen MR) is 75.6 cm³/mol. The van der Waals surface area contributed by atoms with Crippen LogP contribution in [0.2, 0.25) is 0 Å². The smallest absolute Gasteiger partial charge is 0.161 e. The van der Waals surface area contributed by atoms with Gasteiger partial charge in [-0.3, -0.25) is 0 Å². The topological polar surface area (TPSA) is 38.7 Å². The summed E-state index contributed by atoms with van der Waals surface area (Å²) in [6.07, 6.45) is 3.93. The Bertz CT molecular complexity index is 391. The average molecular weight is 264 g/mol. The molecule has 1 aromatic rings. The van der Waals surface area contributed by atoms with E-state index in [1.165, 1.54) is 0 Å². The Morgan fingerprint density at radius 2 is 1.95 bits per heavy atom. The van der Waals surface area contributed by atoms with Crippen LogP contribution in [0.15, 0.2) is 24.3 Å². The summed E-state index contributed by atoms with van der Waals surface area (Å²) < 4.78 is 11.0. The number of methoxy groups -OCH3 is 1. The molecule has 106 valence electrons. The zero-order valence-corrected chi connectivity index (χ0v) is 11.8. The van der Waals surface area contributed by atoms with Crippen LogP contribution in [-0.2, 0) is 0 Å². The van der Waals surface area contributed by atoms with E-state index >= 15 is 0 Å². The lowest BCUT2D eigenvalue weighted by Gasteiger charge is -2.31. The first kappa shape index (κ1) is 14.2. The molecule has 1 aliphatic rings. The van der Waals surface area contributed by atoms with Crippen molar-refractivity contribution in [2.75, 3.05) is 13.7 Å². The monoisotopic (exact) mass is 264 g/mol. The molecule has 1 saturated carbocycles. The van der Waals surface area contributed by atoms with Crippen molar-refractivity contribution in [1.82, 2.24) is 0 Å². The van der Waals surface area contributed by atoms with E-state index < -0.39 is 0 Å². The van der Waals surface area contributed by atoms with Crippen LogP contribution in [0.4, 0.5) is 0 Å². The van der Waals surface area contributed by atoms with Crippen LogP contribution >= 0.6 is 0 Å². The molecule has 0 saturated heterocycles. The molecule has 0 aromatic heterocycles. The summed E-state index contributed by atoms with van der Waals surface area (Å²) in [6, 6.07) is 7.68. The summed E-state index contributed by atoms with van der Waals surface area (Å²) in [5.74, 6) is 2.64. The maximum Gasteiger partial charge on any atom is 0.161 e. The highest BCUT2D eigenvalue weighted by Crippen LogP contribution is 2.32. The van der Waals surface area contributed by atoms with E-state index in [2.05, 4.69) is 6.92 Å². The molecule has 1 aliphatic carbocycles. The second-order valence-electron chi connectivity index (χ2n) is 5.53. The van der Waals surface area contributed by atoms with Gasteiger partial charge < -0.3 is 14.6 Å². The minimum Gasteiger partial charge on any atom is -0.493 e. The molecule has 19 heavy (non-hydrogen) atoms. The Hall–Kier alpha value is -1.22. The Labute approximate surface area is 115 Å². The molecule has 1 fully saturated rings. The lowest BCUT2D eigenvalue weighted by molar-refractivity contribution is 0.0401. The molecular weight excluding hydrogens is 240 g/mol. The van der Waals surface area contributed by atoms with Gasteiger partial charge in [0.2, 0.25) is 0 Å². The van der Waals surface area contributed by atoms with E-state index in [4.69, 9.17) is 9.47 Å². The maximum atomic E-state index is 10.0. The first-order valence-corrected chi connectivity index (χ1v) is 7.14. The minimum absolute atomic E-state index is 0.155. The van der Waals surface area contributed by atoms with Crippen LogP contribution in [0.3, 0.4) is 0 Å². The summed E-state index contributed by atoms with van der Waals surface area (Å²) in [7, 11) is 1.65. The molecule has 1 N–H and O–H groups in total. The van der Waals surface area contributed by atoms with E-state index in [0.29, 0.717) is 12.5 Å². The molecular formula is C16H24O3. The van der Waals surface area contributed by atoms with Gasteiger partial charge in [0.15, 0.2) is 11.5 Å². The van der Waals surface area contributed by atoms with E-state index in [-0.39, 0.29) is 6.10 Å². The second-order valence-corrected chi connectivity index (χ2v) is 5.53. The van der Waals surface area contributed by atoms with E-state index in [0.717, 1.165) is 43.1 Å². The van der Waals surface area contributed by atoms with E-state index in [1.807, 2.05) is 24.3 Å². The summed E-state index contributed by atoms with van der Waals surface area (Å²) in [5, 5.41) is 10.0. The van der Waals surface area contributed by atoms with Gasteiger partial charge in [-0.2, -0.15) is 0 Å². The van der Waals surface area contributed by atoms with Crippen LogP contribution in [0.25, 0.3) is 0 Å². The SMILES string of the molecule is COc1ccccc1OCCC1CC(C)CCC1O.